The van der Waals surface area contributed by atoms with Crippen LogP contribution in [0.5, 0.6) is 0 Å². The van der Waals surface area contributed by atoms with E-state index in [1.165, 1.54) is 0 Å². The highest BCUT2D eigenvalue weighted by molar-refractivity contribution is 4.90. The van der Waals surface area contributed by atoms with Gasteiger partial charge in [-0.2, -0.15) is 0 Å². The highest BCUT2D eigenvalue weighted by Crippen LogP contribution is 2.32. The molecule has 2 rings (SSSR count). The van der Waals surface area contributed by atoms with E-state index >= 15 is 0 Å². The first-order valence-corrected chi connectivity index (χ1v) is 4.21. The summed E-state index contributed by atoms with van der Waals surface area (Å²) < 4.78 is 10.9. The Morgan fingerprint density at radius 1 is 1.36 bits per heavy atom. The van der Waals surface area contributed by atoms with E-state index in [4.69, 9.17) is 9.47 Å². The van der Waals surface area contributed by atoms with Crippen molar-refractivity contribution in [2.45, 2.75) is 31.0 Å². The number of aliphatic hydroxyl groups excluding tert-OH is 1. The highest BCUT2D eigenvalue weighted by Gasteiger charge is 2.40. The number of ether oxygens (including phenoxy) is 2. The van der Waals surface area contributed by atoms with E-state index in [-0.39, 0.29) is 11.7 Å². The zero-order valence-corrected chi connectivity index (χ0v) is 6.58. The standard InChI is InChI=1S/C8H14O3/c9-7-1-3-11-8(5-7)2-4-10-6-8/h7,9H,1-6H2/t7-,8+/m0/s1. The van der Waals surface area contributed by atoms with Crippen LogP contribution in [-0.4, -0.2) is 36.6 Å². The number of aliphatic hydroxyl groups is 1. The molecule has 0 amide bonds. The summed E-state index contributed by atoms with van der Waals surface area (Å²) in [6.45, 7) is 2.14. The van der Waals surface area contributed by atoms with Crippen molar-refractivity contribution in [3.05, 3.63) is 0 Å². The maximum atomic E-state index is 9.40. The van der Waals surface area contributed by atoms with Crippen LogP contribution in [0.25, 0.3) is 0 Å². The van der Waals surface area contributed by atoms with Crippen LogP contribution in [-0.2, 0) is 9.47 Å². The molecule has 2 heterocycles. The molecule has 64 valence electrons. The molecule has 0 bridgehead atoms. The van der Waals surface area contributed by atoms with Crippen molar-refractivity contribution < 1.29 is 14.6 Å². The Morgan fingerprint density at radius 2 is 2.27 bits per heavy atom. The number of hydrogen-bond donors (Lipinski definition) is 1. The molecule has 1 N–H and O–H groups in total. The lowest BCUT2D eigenvalue weighted by Crippen LogP contribution is -2.42. The van der Waals surface area contributed by atoms with E-state index in [9.17, 15) is 5.11 Å². The van der Waals surface area contributed by atoms with Gasteiger partial charge in [0.15, 0.2) is 0 Å². The van der Waals surface area contributed by atoms with Crippen LogP contribution in [0.2, 0.25) is 0 Å². The van der Waals surface area contributed by atoms with Gasteiger partial charge in [0.05, 0.1) is 18.3 Å². The third-order valence-electron chi connectivity index (χ3n) is 2.53. The van der Waals surface area contributed by atoms with Crippen LogP contribution in [0.4, 0.5) is 0 Å². The van der Waals surface area contributed by atoms with Crippen molar-refractivity contribution in [1.82, 2.24) is 0 Å². The van der Waals surface area contributed by atoms with E-state index in [2.05, 4.69) is 0 Å². The summed E-state index contributed by atoms with van der Waals surface area (Å²) in [6, 6.07) is 0. The minimum atomic E-state index is -0.176. The second kappa shape index (κ2) is 2.73. The lowest BCUT2D eigenvalue weighted by molar-refractivity contribution is -0.117. The van der Waals surface area contributed by atoms with Crippen molar-refractivity contribution in [3.8, 4) is 0 Å². The Morgan fingerprint density at radius 3 is 2.91 bits per heavy atom. The Labute approximate surface area is 66.3 Å². The molecule has 3 nitrogen and oxygen atoms in total. The summed E-state index contributed by atoms with van der Waals surface area (Å²) in [5.41, 5.74) is -0.127. The van der Waals surface area contributed by atoms with Crippen LogP contribution in [0, 0.1) is 0 Å². The van der Waals surface area contributed by atoms with Gasteiger partial charge in [-0.15, -0.1) is 0 Å². The Balaban J connectivity index is 2.00. The lowest BCUT2D eigenvalue weighted by Gasteiger charge is -2.34. The first-order valence-electron chi connectivity index (χ1n) is 4.21. The predicted molar refractivity (Wildman–Crippen MR) is 39.4 cm³/mol. The summed E-state index contributed by atoms with van der Waals surface area (Å²) >= 11 is 0. The number of hydrogen-bond acceptors (Lipinski definition) is 3. The minimum absolute atomic E-state index is 0.127. The van der Waals surface area contributed by atoms with E-state index in [0.717, 1.165) is 25.9 Å². The van der Waals surface area contributed by atoms with Crippen LogP contribution in [0.15, 0.2) is 0 Å². The second-order valence-electron chi connectivity index (χ2n) is 3.48. The largest absolute Gasteiger partial charge is 0.393 e. The van der Waals surface area contributed by atoms with Crippen molar-refractivity contribution in [2.75, 3.05) is 19.8 Å². The average molecular weight is 158 g/mol. The molecular weight excluding hydrogens is 144 g/mol. The molecule has 0 radical (unpaired) electrons. The monoisotopic (exact) mass is 158 g/mol. The molecule has 2 saturated heterocycles. The van der Waals surface area contributed by atoms with Gasteiger partial charge in [0, 0.05) is 26.1 Å². The van der Waals surface area contributed by atoms with Gasteiger partial charge in [0.1, 0.15) is 0 Å². The SMILES string of the molecule is O[C@H]1CCO[C@]2(CCOC2)C1. The second-order valence-corrected chi connectivity index (χ2v) is 3.48. The van der Waals surface area contributed by atoms with Crippen LogP contribution < -0.4 is 0 Å². The maximum Gasteiger partial charge on any atom is 0.0961 e. The van der Waals surface area contributed by atoms with E-state index < -0.39 is 0 Å². The molecule has 2 atom stereocenters. The zero-order chi connectivity index (χ0) is 7.73. The first-order chi connectivity index (χ1) is 5.31. The molecular formula is C8H14O3. The molecule has 3 heteroatoms. The summed E-state index contributed by atoms with van der Waals surface area (Å²) in [6.07, 6.45) is 2.31. The van der Waals surface area contributed by atoms with Gasteiger partial charge < -0.3 is 14.6 Å². The fourth-order valence-electron chi connectivity index (χ4n) is 1.87. The molecule has 2 fully saturated rings. The molecule has 0 aromatic rings. The van der Waals surface area contributed by atoms with Gasteiger partial charge in [-0.3, -0.25) is 0 Å². The predicted octanol–water partition coefficient (Wildman–Crippen LogP) is 0.317. The molecule has 2 aliphatic rings. The Kier molecular flexibility index (Phi) is 1.87. The maximum absolute atomic E-state index is 9.40. The molecule has 0 saturated carbocycles. The molecule has 1 spiro atoms. The number of rotatable bonds is 0. The van der Waals surface area contributed by atoms with Crippen LogP contribution in [0.3, 0.4) is 0 Å². The Hall–Kier alpha value is -0.120. The molecule has 0 aromatic carbocycles. The van der Waals surface area contributed by atoms with Crippen molar-refractivity contribution in [1.29, 1.82) is 0 Å². The summed E-state index contributed by atoms with van der Waals surface area (Å²) in [5, 5.41) is 9.40. The molecule has 0 unspecified atom stereocenters. The van der Waals surface area contributed by atoms with Crippen molar-refractivity contribution >= 4 is 0 Å². The van der Waals surface area contributed by atoms with Crippen molar-refractivity contribution in [3.63, 3.8) is 0 Å². The van der Waals surface area contributed by atoms with E-state index in [1.54, 1.807) is 0 Å². The quantitative estimate of drug-likeness (QED) is 0.551. The van der Waals surface area contributed by atoms with Crippen LogP contribution >= 0.6 is 0 Å². The zero-order valence-electron chi connectivity index (χ0n) is 6.58. The van der Waals surface area contributed by atoms with Crippen molar-refractivity contribution in [2.24, 2.45) is 0 Å². The van der Waals surface area contributed by atoms with Crippen LogP contribution in [0.1, 0.15) is 19.3 Å². The summed E-state index contributed by atoms with van der Waals surface area (Å²) in [5.74, 6) is 0. The molecule has 0 aromatic heterocycles. The summed E-state index contributed by atoms with van der Waals surface area (Å²) in [7, 11) is 0. The third kappa shape index (κ3) is 1.41. The minimum Gasteiger partial charge on any atom is -0.393 e. The summed E-state index contributed by atoms with van der Waals surface area (Å²) in [4.78, 5) is 0. The molecule has 2 aliphatic heterocycles. The fraction of sp³-hybridized carbons (Fsp3) is 1.00. The van der Waals surface area contributed by atoms with Gasteiger partial charge in [-0.25, -0.2) is 0 Å². The average Bonchev–Trinajstić information content (AvgIpc) is 2.37. The highest BCUT2D eigenvalue weighted by atomic mass is 16.6. The Bertz CT molecular complexity index is 140. The molecule has 11 heavy (non-hydrogen) atoms. The van der Waals surface area contributed by atoms with Gasteiger partial charge in [0.25, 0.3) is 0 Å². The van der Waals surface area contributed by atoms with E-state index in [1.807, 2.05) is 0 Å². The van der Waals surface area contributed by atoms with E-state index in [0.29, 0.717) is 13.2 Å². The van der Waals surface area contributed by atoms with Gasteiger partial charge in [-0.1, -0.05) is 0 Å². The smallest absolute Gasteiger partial charge is 0.0961 e. The van der Waals surface area contributed by atoms with Gasteiger partial charge in [-0.05, 0) is 6.42 Å². The lowest BCUT2D eigenvalue weighted by atomic mass is 9.91. The first kappa shape index (κ1) is 7.53. The van der Waals surface area contributed by atoms with Gasteiger partial charge in [0.2, 0.25) is 0 Å². The molecule has 0 aliphatic carbocycles. The topological polar surface area (TPSA) is 38.7 Å². The normalized spacial score (nSPS) is 45.0. The third-order valence-corrected chi connectivity index (χ3v) is 2.53. The fourth-order valence-corrected chi connectivity index (χ4v) is 1.87. The van der Waals surface area contributed by atoms with Gasteiger partial charge >= 0.3 is 0 Å².